The van der Waals surface area contributed by atoms with Gasteiger partial charge in [0.2, 0.25) is 0 Å². The van der Waals surface area contributed by atoms with E-state index in [9.17, 15) is 0 Å². The summed E-state index contributed by atoms with van der Waals surface area (Å²) in [4.78, 5) is 0. The third-order valence-corrected chi connectivity index (χ3v) is 3.52. The molecule has 0 aliphatic carbocycles. The van der Waals surface area contributed by atoms with Crippen LogP contribution in [-0.2, 0) is 0 Å². The molecule has 0 heterocycles. The fourth-order valence-electron chi connectivity index (χ4n) is 1.46. The number of unbranched alkanes of at least 4 members (excludes halogenated alkanes) is 2. The van der Waals surface area contributed by atoms with Crippen molar-refractivity contribution in [3.8, 4) is 0 Å². The molecule has 0 aromatic carbocycles. The summed E-state index contributed by atoms with van der Waals surface area (Å²) in [5.74, 6) is 3.49. The first kappa shape index (κ1) is 15.3. The maximum Gasteiger partial charge on any atom is 0.00581 e. The average Bonchev–Trinajstić information content (AvgIpc) is 2.20. The maximum atomic E-state index is 3.51. The third-order valence-electron chi connectivity index (χ3n) is 2.45. The highest BCUT2D eigenvalue weighted by atomic mass is 32.2. The van der Waals surface area contributed by atoms with Gasteiger partial charge in [0.05, 0.1) is 0 Å². The molecular weight excluding hydrogens is 202 g/mol. The minimum Gasteiger partial charge on any atom is -0.316 e. The molecular formula is C13H29NS. The summed E-state index contributed by atoms with van der Waals surface area (Å²) in [7, 11) is 0. The van der Waals surface area contributed by atoms with Crippen molar-refractivity contribution in [3.05, 3.63) is 0 Å². The number of rotatable bonds is 11. The summed E-state index contributed by atoms with van der Waals surface area (Å²) >= 11 is 2.10. The van der Waals surface area contributed by atoms with E-state index in [-0.39, 0.29) is 0 Å². The molecule has 0 atom stereocenters. The van der Waals surface area contributed by atoms with Crippen molar-refractivity contribution in [1.29, 1.82) is 0 Å². The van der Waals surface area contributed by atoms with Crippen LogP contribution in [0.3, 0.4) is 0 Å². The van der Waals surface area contributed by atoms with E-state index in [0.717, 1.165) is 5.92 Å². The quantitative estimate of drug-likeness (QED) is 0.541. The minimum atomic E-state index is 0.857. The molecule has 0 aromatic heterocycles. The normalized spacial score (nSPS) is 11.2. The van der Waals surface area contributed by atoms with Crippen LogP contribution in [0, 0.1) is 5.92 Å². The molecule has 15 heavy (non-hydrogen) atoms. The van der Waals surface area contributed by atoms with Crippen molar-refractivity contribution in [1.82, 2.24) is 5.32 Å². The summed E-state index contributed by atoms with van der Waals surface area (Å²) in [6.07, 6.45) is 6.83. The molecule has 0 amide bonds. The van der Waals surface area contributed by atoms with Gasteiger partial charge in [0.25, 0.3) is 0 Å². The SMILES string of the molecule is CCCCCSCCNCCCC(C)C. The van der Waals surface area contributed by atoms with Gasteiger partial charge in [-0.1, -0.05) is 33.6 Å². The zero-order valence-corrected chi connectivity index (χ0v) is 11.7. The first-order valence-corrected chi connectivity index (χ1v) is 7.71. The van der Waals surface area contributed by atoms with Gasteiger partial charge in [-0.3, -0.25) is 0 Å². The Morgan fingerprint density at radius 2 is 1.80 bits per heavy atom. The van der Waals surface area contributed by atoms with Crippen LogP contribution in [0.15, 0.2) is 0 Å². The minimum absolute atomic E-state index is 0.857. The van der Waals surface area contributed by atoms with Gasteiger partial charge in [0.15, 0.2) is 0 Å². The van der Waals surface area contributed by atoms with Crippen molar-refractivity contribution in [2.24, 2.45) is 5.92 Å². The van der Waals surface area contributed by atoms with Crippen LogP contribution in [0.5, 0.6) is 0 Å². The number of nitrogens with one attached hydrogen (secondary N) is 1. The molecule has 1 nitrogen and oxygen atoms in total. The molecule has 0 aliphatic rings. The molecule has 0 rings (SSSR count). The predicted molar refractivity (Wildman–Crippen MR) is 73.8 cm³/mol. The summed E-state index contributed by atoms with van der Waals surface area (Å²) in [6.45, 7) is 9.25. The molecule has 0 fully saturated rings. The molecule has 92 valence electrons. The Morgan fingerprint density at radius 3 is 2.47 bits per heavy atom. The van der Waals surface area contributed by atoms with Crippen LogP contribution in [-0.4, -0.2) is 24.6 Å². The van der Waals surface area contributed by atoms with Gasteiger partial charge in [0, 0.05) is 12.3 Å². The van der Waals surface area contributed by atoms with Crippen molar-refractivity contribution >= 4 is 11.8 Å². The summed E-state index contributed by atoms with van der Waals surface area (Å²) in [5, 5.41) is 3.51. The van der Waals surface area contributed by atoms with E-state index in [4.69, 9.17) is 0 Å². The van der Waals surface area contributed by atoms with Crippen LogP contribution < -0.4 is 5.32 Å². The lowest BCUT2D eigenvalue weighted by Gasteiger charge is -2.06. The van der Waals surface area contributed by atoms with Gasteiger partial charge in [-0.05, 0) is 37.5 Å². The van der Waals surface area contributed by atoms with E-state index in [1.165, 1.54) is 56.7 Å². The topological polar surface area (TPSA) is 12.0 Å². The molecule has 0 spiro atoms. The second kappa shape index (κ2) is 12.4. The molecule has 0 unspecified atom stereocenters. The summed E-state index contributed by atoms with van der Waals surface area (Å²) < 4.78 is 0. The van der Waals surface area contributed by atoms with E-state index < -0.39 is 0 Å². The molecule has 0 bridgehead atoms. The Labute approximate surface area is 101 Å². The van der Waals surface area contributed by atoms with Gasteiger partial charge >= 0.3 is 0 Å². The number of hydrogen-bond donors (Lipinski definition) is 1. The second-order valence-electron chi connectivity index (χ2n) is 4.61. The van der Waals surface area contributed by atoms with E-state index in [0.29, 0.717) is 0 Å². The summed E-state index contributed by atoms with van der Waals surface area (Å²) in [5.41, 5.74) is 0. The lowest BCUT2D eigenvalue weighted by molar-refractivity contribution is 0.534. The molecule has 0 saturated carbocycles. The molecule has 1 N–H and O–H groups in total. The smallest absolute Gasteiger partial charge is 0.00581 e. The Morgan fingerprint density at radius 1 is 1.00 bits per heavy atom. The first-order valence-electron chi connectivity index (χ1n) is 6.55. The monoisotopic (exact) mass is 231 g/mol. The molecule has 2 heteroatoms. The van der Waals surface area contributed by atoms with Gasteiger partial charge < -0.3 is 5.32 Å². The fourth-order valence-corrected chi connectivity index (χ4v) is 2.36. The van der Waals surface area contributed by atoms with Crippen LogP contribution in [0.4, 0.5) is 0 Å². The maximum absolute atomic E-state index is 3.51. The van der Waals surface area contributed by atoms with Crippen LogP contribution in [0.2, 0.25) is 0 Å². The van der Waals surface area contributed by atoms with Crippen LogP contribution >= 0.6 is 11.8 Å². The van der Waals surface area contributed by atoms with E-state index >= 15 is 0 Å². The second-order valence-corrected chi connectivity index (χ2v) is 5.83. The van der Waals surface area contributed by atoms with E-state index in [1.54, 1.807) is 0 Å². The lowest BCUT2D eigenvalue weighted by atomic mass is 10.1. The standard InChI is InChI=1S/C13H29NS/c1-4-5-6-11-15-12-10-14-9-7-8-13(2)3/h13-14H,4-12H2,1-3H3. The molecule has 0 aliphatic heterocycles. The Balaban J connectivity index is 2.87. The van der Waals surface area contributed by atoms with Crippen LogP contribution in [0.1, 0.15) is 52.9 Å². The first-order chi connectivity index (χ1) is 7.27. The van der Waals surface area contributed by atoms with Crippen molar-refractivity contribution in [2.75, 3.05) is 24.6 Å². The van der Waals surface area contributed by atoms with E-state index in [2.05, 4.69) is 37.8 Å². The Hall–Kier alpha value is 0.310. The Kier molecular flexibility index (Phi) is 12.6. The number of thioether (sulfide) groups is 1. The molecule has 0 radical (unpaired) electrons. The van der Waals surface area contributed by atoms with Gasteiger partial charge in [-0.15, -0.1) is 0 Å². The van der Waals surface area contributed by atoms with Crippen LogP contribution in [0.25, 0.3) is 0 Å². The Bertz CT molecular complexity index is 115. The van der Waals surface area contributed by atoms with Crippen molar-refractivity contribution in [3.63, 3.8) is 0 Å². The van der Waals surface area contributed by atoms with Crippen molar-refractivity contribution < 1.29 is 0 Å². The van der Waals surface area contributed by atoms with Crippen molar-refractivity contribution in [2.45, 2.75) is 52.9 Å². The van der Waals surface area contributed by atoms with Gasteiger partial charge in [-0.25, -0.2) is 0 Å². The third kappa shape index (κ3) is 14.3. The highest BCUT2D eigenvalue weighted by molar-refractivity contribution is 7.99. The van der Waals surface area contributed by atoms with Gasteiger partial charge in [0.1, 0.15) is 0 Å². The highest BCUT2D eigenvalue weighted by Gasteiger charge is 1.93. The van der Waals surface area contributed by atoms with E-state index in [1.807, 2.05) is 0 Å². The predicted octanol–water partition coefficient (Wildman–Crippen LogP) is 3.94. The number of hydrogen-bond acceptors (Lipinski definition) is 2. The molecule has 0 saturated heterocycles. The molecule has 0 aromatic rings. The largest absolute Gasteiger partial charge is 0.316 e. The average molecular weight is 231 g/mol. The van der Waals surface area contributed by atoms with Gasteiger partial charge in [-0.2, -0.15) is 11.8 Å². The highest BCUT2D eigenvalue weighted by Crippen LogP contribution is 2.05. The zero-order valence-electron chi connectivity index (χ0n) is 10.8. The lowest BCUT2D eigenvalue weighted by Crippen LogP contribution is -2.18. The summed E-state index contributed by atoms with van der Waals surface area (Å²) in [6, 6.07) is 0. The fraction of sp³-hybridized carbons (Fsp3) is 1.00. The zero-order chi connectivity index (χ0) is 11.4.